The highest BCUT2D eigenvalue weighted by Crippen LogP contribution is 2.14. The smallest absolute Gasteiger partial charge is 0.0284 e. The highest BCUT2D eigenvalue weighted by Gasteiger charge is 1.95. The van der Waals surface area contributed by atoms with E-state index in [9.17, 15) is 0 Å². The maximum atomic E-state index is 3.75. The van der Waals surface area contributed by atoms with Gasteiger partial charge in [-0.25, -0.2) is 0 Å². The minimum atomic E-state index is 0.827. The molecule has 0 heterocycles. The van der Waals surface area contributed by atoms with E-state index in [0.29, 0.717) is 0 Å². The van der Waals surface area contributed by atoms with Gasteiger partial charge in [-0.2, -0.15) is 0 Å². The van der Waals surface area contributed by atoms with Gasteiger partial charge in [0.1, 0.15) is 0 Å². The molecule has 2 aromatic carbocycles. The van der Waals surface area contributed by atoms with Gasteiger partial charge in [-0.15, -0.1) is 6.58 Å². The fourth-order valence-electron chi connectivity index (χ4n) is 1.72. The van der Waals surface area contributed by atoms with Crippen LogP contribution in [0, 0.1) is 11.8 Å². The second kappa shape index (κ2) is 7.03. The maximum Gasteiger partial charge on any atom is 0.0284 e. The van der Waals surface area contributed by atoms with E-state index in [1.165, 1.54) is 0 Å². The summed E-state index contributed by atoms with van der Waals surface area (Å²) in [7, 11) is 0. The Morgan fingerprint density at radius 3 is 2.21 bits per heavy atom. The molecule has 0 saturated heterocycles. The number of benzene rings is 2. The van der Waals surface area contributed by atoms with Gasteiger partial charge < -0.3 is 0 Å². The van der Waals surface area contributed by atoms with Crippen LogP contribution >= 0.6 is 0 Å². The van der Waals surface area contributed by atoms with Crippen LogP contribution in [0.25, 0.3) is 5.57 Å². The van der Waals surface area contributed by atoms with Crippen molar-refractivity contribution < 1.29 is 0 Å². The SMILES string of the molecule is C=CC/C=C(\C#Cc1ccccc1)c1ccccc1. The normalized spacial score (nSPS) is 10.4. The average Bonchev–Trinajstić information content (AvgIpc) is 2.49. The van der Waals surface area contributed by atoms with Gasteiger partial charge in [-0.3, -0.25) is 0 Å². The number of hydrogen-bond donors (Lipinski definition) is 0. The average molecular weight is 244 g/mol. The lowest BCUT2D eigenvalue weighted by Crippen LogP contribution is -1.81. The van der Waals surface area contributed by atoms with Crippen molar-refractivity contribution >= 4 is 5.57 Å². The van der Waals surface area contributed by atoms with Crippen LogP contribution in [-0.4, -0.2) is 0 Å². The lowest BCUT2D eigenvalue weighted by molar-refractivity contribution is 1.41. The van der Waals surface area contributed by atoms with E-state index in [1.54, 1.807) is 0 Å². The van der Waals surface area contributed by atoms with Crippen LogP contribution < -0.4 is 0 Å². The molecule has 2 rings (SSSR count). The van der Waals surface area contributed by atoms with E-state index in [2.05, 4.69) is 36.6 Å². The van der Waals surface area contributed by atoms with Gasteiger partial charge in [0, 0.05) is 11.1 Å². The molecule has 0 N–H and O–H groups in total. The molecule has 0 heteroatoms. The van der Waals surface area contributed by atoms with Crippen molar-refractivity contribution in [3.8, 4) is 11.8 Å². The Bertz CT molecular complexity index is 607. The standard InChI is InChI=1S/C19H16/c1-2-3-12-19(18-13-8-5-9-14-18)16-15-17-10-6-4-7-11-17/h2,4-14H,1,3H2/b19-12+. The van der Waals surface area contributed by atoms with Gasteiger partial charge in [0.15, 0.2) is 0 Å². The number of rotatable bonds is 3. The largest absolute Gasteiger partial charge is 0.103 e. The molecule has 0 unspecified atom stereocenters. The quantitative estimate of drug-likeness (QED) is 0.542. The Balaban J connectivity index is 2.31. The van der Waals surface area contributed by atoms with Gasteiger partial charge >= 0.3 is 0 Å². The van der Waals surface area contributed by atoms with Crippen molar-refractivity contribution in [3.63, 3.8) is 0 Å². The Morgan fingerprint density at radius 2 is 1.58 bits per heavy atom. The molecule has 0 atom stereocenters. The summed E-state index contributed by atoms with van der Waals surface area (Å²) >= 11 is 0. The molecule has 19 heavy (non-hydrogen) atoms. The first kappa shape index (κ1) is 12.9. The summed E-state index contributed by atoms with van der Waals surface area (Å²) in [5.74, 6) is 6.45. The van der Waals surface area contributed by atoms with E-state index >= 15 is 0 Å². The molecule has 0 spiro atoms. The molecule has 0 aliphatic rings. The molecule has 0 nitrogen and oxygen atoms in total. The van der Waals surface area contributed by atoms with Gasteiger partial charge in [-0.05, 0) is 24.1 Å². The molecule has 0 radical (unpaired) electrons. The van der Waals surface area contributed by atoms with Gasteiger partial charge in [-0.1, -0.05) is 72.5 Å². The molecule has 0 bridgehead atoms. The van der Waals surface area contributed by atoms with Crippen molar-refractivity contribution in [3.05, 3.63) is 90.5 Å². The maximum absolute atomic E-state index is 3.75. The first-order valence-corrected chi connectivity index (χ1v) is 6.33. The minimum Gasteiger partial charge on any atom is -0.103 e. The van der Waals surface area contributed by atoms with Crippen molar-refractivity contribution in [2.24, 2.45) is 0 Å². The summed E-state index contributed by atoms with van der Waals surface area (Å²) in [6.45, 7) is 3.75. The third kappa shape index (κ3) is 4.01. The molecular formula is C19H16. The van der Waals surface area contributed by atoms with Crippen LogP contribution in [0.4, 0.5) is 0 Å². The first-order valence-electron chi connectivity index (χ1n) is 6.33. The first-order chi connectivity index (χ1) is 9.40. The third-order valence-electron chi connectivity index (χ3n) is 2.69. The van der Waals surface area contributed by atoms with E-state index < -0.39 is 0 Å². The van der Waals surface area contributed by atoms with Crippen molar-refractivity contribution in [2.75, 3.05) is 0 Å². The monoisotopic (exact) mass is 244 g/mol. The van der Waals surface area contributed by atoms with Gasteiger partial charge in [0.2, 0.25) is 0 Å². The Hall–Kier alpha value is -2.52. The molecule has 0 amide bonds. The number of hydrogen-bond acceptors (Lipinski definition) is 0. The molecule has 0 aromatic heterocycles. The Labute approximate surface area is 115 Å². The van der Waals surface area contributed by atoms with E-state index in [-0.39, 0.29) is 0 Å². The molecule has 0 fully saturated rings. The van der Waals surface area contributed by atoms with Crippen LogP contribution in [0.2, 0.25) is 0 Å². The zero-order chi connectivity index (χ0) is 13.3. The van der Waals surface area contributed by atoms with Crippen molar-refractivity contribution in [1.82, 2.24) is 0 Å². The predicted octanol–water partition coefficient (Wildman–Crippen LogP) is 4.70. The van der Waals surface area contributed by atoms with Crippen LogP contribution in [0.3, 0.4) is 0 Å². The second-order valence-corrected chi connectivity index (χ2v) is 4.12. The molecule has 92 valence electrons. The van der Waals surface area contributed by atoms with Crippen molar-refractivity contribution in [2.45, 2.75) is 6.42 Å². The van der Waals surface area contributed by atoms with Crippen LogP contribution in [0.1, 0.15) is 17.5 Å². The highest BCUT2D eigenvalue weighted by atomic mass is 14.0. The fourth-order valence-corrected chi connectivity index (χ4v) is 1.72. The second-order valence-electron chi connectivity index (χ2n) is 4.12. The summed E-state index contributed by atoms with van der Waals surface area (Å²) in [6, 6.07) is 20.3. The fraction of sp³-hybridized carbons (Fsp3) is 0.0526. The molecule has 0 aliphatic carbocycles. The van der Waals surface area contributed by atoms with Crippen molar-refractivity contribution in [1.29, 1.82) is 0 Å². The molecule has 0 aliphatic heterocycles. The Morgan fingerprint density at radius 1 is 0.947 bits per heavy atom. The van der Waals surface area contributed by atoms with E-state index in [0.717, 1.165) is 23.1 Å². The van der Waals surface area contributed by atoms with Crippen LogP contribution in [-0.2, 0) is 0 Å². The summed E-state index contributed by atoms with van der Waals surface area (Å²) in [6.07, 6.45) is 4.82. The topological polar surface area (TPSA) is 0 Å². The zero-order valence-electron chi connectivity index (χ0n) is 10.8. The van der Waals surface area contributed by atoms with E-state index in [4.69, 9.17) is 0 Å². The highest BCUT2D eigenvalue weighted by molar-refractivity contribution is 5.79. The van der Waals surface area contributed by atoms with Crippen LogP contribution in [0.5, 0.6) is 0 Å². The summed E-state index contributed by atoms with van der Waals surface area (Å²) in [5, 5.41) is 0. The summed E-state index contributed by atoms with van der Waals surface area (Å²) in [4.78, 5) is 0. The third-order valence-corrected chi connectivity index (χ3v) is 2.69. The molecule has 2 aromatic rings. The lowest BCUT2D eigenvalue weighted by Gasteiger charge is -1.99. The van der Waals surface area contributed by atoms with Crippen LogP contribution in [0.15, 0.2) is 79.4 Å². The molecular weight excluding hydrogens is 228 g/mol. The number of allylic oxidation sites excluding steroid dienone is 3. The molecule has 0 saturated carbocycles. The Kier molecular flexibility index (Phi) is 4.79. The minimum absolute atomic E-state index is 0.827. The van der Waals surface area contributed by atoms with E-state index in [1.807, 2.05) is 54.6 Å². The summed E-state index contributed by atoms with van der Waals surface area (Å²) in [5.41, 5.74) is 3.22. The zero-order valence-corrected chi connectivity index (χ0v) is 10.8. The lowest BCUT2D eigenvalue weighted by atomic mass is 10.0. The predicted molar refractivity (Wildman–Crippen MR) is 82.6 cm³/mol. The van der Waals surface area contributed by atoms with Gasteiger partial charge in [0.25, 0.3) is 0 Å². The summed E-state index contributed by atoms with van der Waals surface area (Å²) < 4.78 is 0. The van der Waals surface area contributed by atoms with Gasteiger partial charge in [0.05, 0.1) is 0 Å².